The summed E-state index contributed by atoms with van der Waals surface area (Å²) >= 11 is 8.68. The number of thiol groups is 2. The maximum atomic E-state index is 4.37. The van der Waals surface area contributed by atoms with Crippen molar-refractivity contribution in [3.63, 3.8) is 0 Å². The van der Waals surface area contributed by atoms with Crippen LogP contribution in [0.1, 0.15) is 12.5 Å². The number of aromatic nitrogens is 1. The first-order chi connectivity index (χ1) is 6.13. The molecular weight excluding hydrogens is 198 g/mol. The van der Waals surface area contributed by atoms with E-state index < -0.39 is 0 Å². The van der Waals surface area contributed by atoms with Crippen LogP contribution >= 0.6 is 25.3 Å². The average Bonchev–Trinajstić information content (AvgIpc) is 2.17. The van der Waals surface area contributed by atoms with Crippen LogP contribution < -0.4 is 0 Å². The highest BCUT2D eigenvalue weighted by molar-refractivity contribution is 7.93. The van der Waals surface area contributed by atoms with Crippen molar-refractivity contribution in [2.24, 2.45) is 0 Å². The molecule has 0 saturated carbocycles. The summed E-state index contributed by atoms with van der Waals surface area (Å²) in [6, 6.07) is 3.78. The molecule has 0 saturated heterocycles. The Morgan fingerprint density at radius 1 is 1.31 bits per heavy atom. The molecule has 0 bridgehead atoms. The van der Waals surface area contributed by atoms with Crippen molar-refractivity contribution in [3.05, 3.63) is 47.1 Å². The third-order valence-electron chi connectivity index (χ3n) is 1.58. The van der Waals surface area contributed by atoms with E-state index in [1.54, 1.807) is 12.4 Å². The summed E-state index contributed by atoms with van der Waals surface area (Å²) in [5.74, 6) is 0. The molecule has 1 heterocycles. The Hall–Kier alpha value is -0.670. The van der Waals surface area contributed by atoms with Crippen molar-refractivity contribution in [2.45, 2.75) is 6.92 Å². The quantitative estimate of drug-likeness (QED) is 0.563. The molecule has 0 aromatic carbocycles. The Labute approximate surface area is 89.4 Å². The molecular formula is C10H11NS2. The minimum Gasteiger partial charge on any atom is -0.265 e. The first-order valence-electron chi connectivity index (χ1n) is 3.81. The Bertz CT molecular complexity index is 341. The van der Waals surface area contributed by atoms with E-state index in [-0.39, 0.29) is 0 Å². The maximum absolute atomic E-state index is 4.37. The van der Waals surface area contributed by atoms with Gasteiger partial charge in [-0.3, -0.25) is 4.98 Å². The van der Waals surface area contributed by atoms with Gasteiger partial charge in [-0.1, -0.05) is 6.58 Å². The van der Waals surface area contributed by atoms with Gasteiger partial charge in [0.2, 0.25) is 0 Å². The van der Waals surface area contributed by atoms with E-state index >= 15 is 0 Å². The van der Waals surface area contributed by atoms with Gasteiger partial charge < -0.3 is 0 Å². The van der Waals surface area contributed by atoms with Gasteiger partial charge in [0.25, 0.3) is 0 Å². The van der Waals surface area contributed by atoms with Gasteiger partial charge in [-0.15, -0.1) is 25.3 Å². The summed E-state index contributed by atoms with van der Waals surface area (Å²) in [5.41, 5.74) is 1.91. The number of allylic oxidation sites excluding steroid dienone is 1. The largest absolute Gasteiger partial charge is 0.265 e. The van der Waals surface area contributed by atoms with Crippen molar-refractivity contribution < 1.29 is 0 Å². The van der Waals surface area contributed by atoms with E-state index in [4.69, 9.17) is 0 Å². The summed E-state index contributed by atoms with van der Waals surface area (Å²) < 4.78 is 0. The molecule has 0 aliphatic heterocycles. The Morgan fingerprint density at radius 3 is 2.31 bits per heavy atom. The van der Waals surface area contributed by atoms with Crippen LogP contribution in [0, 0.1) is 0 Å². The zero-order chi connectivity index (χ0) is 9.84. The minimum atomic E-state index is 0.814. The summed E-state index contributed by atoms with van der Waals surface area (Å²) in [4.78, 5) is 5.57. The Balaban J connectivity index is 3.11. The second-order valence-electron chi connectivity index (χ2n) is 2.71. The van der Waals surface area contributed by atoms with E-state index in [1.807, 2.05) is 19.1 Å². The van der Waals surface area contributed by atoms with Crippen LogP contribution in [0.2, 0.25) is 0 Å². The molecule has 68 valence electrons. The van der Waals surface area contributed by atoms with E-state index in [1.165, 1.54) is 0 Å². The van der Waals surface area contributed by atoms with Crippen molar-refractivity contribution in [3.8, 4) is 0 Å². The van der Waals surface area contributed by atoms with Gasteiger partial charge in [-0.25, -0.2) is 0 Å². The Morgan fingerprint density at radius 2 is 1.85 bits per heavy atom. The summed E-state index contributed by atoms with van der Waals surface area (Å²) in [6.45, 7) is 5.71. The number of rotatable bonds is 2. The first kappa shape index (κ1) is 10.4. The van der Waals surface area contributed by atoms with Gasteiger partial charge in [0, 0.05) is 22.2 Å². The molecule has 0 fully saturated rings. The van der Waals surface area contributed by atoms with Crippen LogP contribution in [-0.4, -0.2) is 4.98 Å². The fraction of sp³-hybridized carbons (Fsp3) is 0.100. The van der Waals surface area contributed by atoms with E-state index in [2.05, 4.69) is 36.8 Å². The summed E-state index contributed by atoms with van der Waals surface area (Å²) in [7, 11) is 0. The molecule has 3 heteroatoms. The van der Waals surface area contributed by atoms with Crippen molar-refractivity contribution >= 4 is 30.2 Å². The minimum absolute atomic E-state index is 0.814. The molecule has 1 aromatic heterocycles. The van der Waals surface area contributed by atoms with Gasteiger partial charge in [-0.05, 0) is 30.2 Å². The van der Waals surface area contributed by atoms with Crippen LogP contribution in [-0.2, 0) is 0 Å². The van der Waals surface area contributed by atoms with Crippen LogP contribution in [0.3, 0.4) is 0 Å². The smallest absolute Gasteiger partial charge is 0.0274 e. The lowest BCUT2D eigenvalue weighted by Crippen LogP contribution is -1.82. The Kier molecular flexibility index (Phi) is 3.63. The first-order valence-corrected chi connectivity index (χ1v) is 4.71. The monoisotopic (exact) mass is 209 g/mol. The van der Waals surface area contributed by atoms with Crippen LogP contribution in [0.5, 0.6) is 0 Å². The molecule has 0 atom stereocenters. The lowest BCUT2D eigenvalue weighted by atomic mass is 10.2. The third kappa shape index (κ3) is 2.64. The molecule has 1 rings (SSSR count). The SMILES string of the molecule is C=C(C)/C(S)=C(\S)c1ccncc1. The van der Waals surface area contributed by atoms with Crippen LogP contribution in [0.25, 0.3) is 4.91 Å². The highest BCUT2D eigenvalue weighted by Gasteiger charge is 2.01. The number of hydrogen-bond donors (Lipinski definition) is 2. The van der Waals surface area contributed by atoms with Gasteiger partial charge in [0.1, 0.15) is 0 Å². The topological polar surface area (TPSA) is 12.9 Å². The average molecular weight is 209 g/mol. The standard InChI is InChI=1S/C10H11NS2/c1-7(2)9(12)10(13)8-3-5-11-6-4-8/h3-6,12-13H,1H2,2H3/b10-9+. The van der Waals surface area contributed by atoms with Gasteiger partial charge in [0.15, 0.2) is 0 Å². The zero-order valence-corrected chi connectivity index (χ0v) is 9.15. The second-order valence-corrected chi connectivity index (χ2v) is 3.61. The van der Waals surface area contributed by atoms with Crippen LogP contribution in [0.4, 0.5) is 0 Å². The van der Waals surface area contributed by atoms with Crippen molar-refractivity contribution in [2.75, 3.05) is 0 Å². The lowest BCUT2D eigenvalue weighted by Gasteiger charge is -2.04. The highest BCUT2D eigenvalue weighted by atomic mass is 32.1. The number of pyridine rings is 1. The summed E-state index contributed by atoms with van der Waals surface area (Å²) in [6.07, 6.45) is 3.45. The lowest BCUT2D eigenvalue weighted by molar-refractivity contribution is 1.32. The van der Waals surface area contributed by atoms with Crippen LogP contribution in [0.15, 0.2) is 41.6 Å². The molecule has 0 aliphatic carbocycles. The molecule has 1 aromatic rings. The second kappa shape index (κ2) is 4.53. The molecule has 0 unspecified atom stereocenters. The predicted octanol–water partition coefficient (Wildman–Crippen LogP) is 3.19. The molecule has 13 heavy (non-hydrogen) atoms. The molecule has 0 N–H and O–H groups in total. The maximum Gasteiger partial charge on any atom is 0.0274 e. The molecule has 0 radical (unpaired) electrons. The zero-order valence-electron chi connectivity index (χ0n) is 7.36. The van der Waals surface area contributed by atoms with Gasteiger partial charge in [0.05, 0.1) is 0 Å². The normalized spacial score (nSPS) is 12.2. The predicted molar refractivity (Wildman–Crippen MR) is 63.9 cm³/mol. The van der Waals surface area contributed by atoms with Crippen molar-refractivity contribution in [1.82, 2.24) is 4.98 Å². The fourth-order valence-corrected chi connectivity index (χ4v) is 1.32. The van der Waals surface area contributed by atoms with Gasteiger partial charge in [-0.2, -0.15) is 0 Å². The summed E-state index contributed by atoms with van der Waals surface area (Å²) in [5, 5.41) is 0. The highest BCUT2D eigenvalue weighted by Crippen LogP contribution is 2.27. The molecule has 0 spiro atoms. The third-order valence-corrected chi connectivity index (χ3v) is 2.85. The van der Waals surface area contributed by atoms with Crippen molar-refractivity contribution in [1.29, 1.82) is 0 Å². The van der Waals surface area contributed by atoms with E-state index in [9.17, 15) is 0 Å². The van der Waals surface area contributed by atoms with E-state index in [0.29, 0.717) is 0 Å². The number of hydrogen-bond acceptors (Lipinski definition) is 3. The number of nitrogens with zero attached hydrogens (tertiary/aromatic N) is 1. The van der Waals surface area contributed by atoms with Gasteiger partial charge >= 0.3 is 0 Å². The molecule has 1 nitrogen and oxygen atoms in total. The van der Waals surface area contributed by atoms with E-state index in [0.717, 1.165) is 20.9 Å². The molecule has 0 amide bonds. The fourth-order valence-electron chi connectivity index (χ4n) is 0.849. The molecule has 0 aliphatic rings.